The van der Waals surface area contributed by atoms with Gasteiger partial charge in [0.15, 0.2) is 0 Å². The van der Waals surface area contributed by atoms with E-state index in [9.17, 15) is 9.59 Å². The molecule has 2 N–H and O–H groups in total. The molecule has 1 amide bonds. The standard InChI is InChI=1S/C16H19NO3/c1-10-3-7-14(9-13(10)6-8-15(18)19)17-16(20)11(2)12-4-5-12/h3,6-9,11-12H,4-5H2,1-2H3,(H,17,20)(H,18,19)/b8-6+. The first-order valence-corrected chi connectivity index (χ1v) is 6.80. The van der Waals surface area contributed by atoms with Crippen molar-refractivity contribution in [1.82, 2.24) is 0 Å². The third-order valence-corrected chi connectivity index (χ3v) is 3.69. The molecule has 4 heteroatoms. The van der Waals surface area contributed by atoms with E-state index >= 15 is 0 Å². The molecule has 1 atom stereocenters. The zero-order valence-electron chi connectivity index (χ0n) is 11.7. The molecule has 1 unspecified atom stereocenters. The number of hydrogen-bond donors (Lipinski definition) is 2. The van der Waals surface area contributed by atoms with Gasteiger partial charge in [-0.25, -0.2) is 4.79 Å². The summed E-state index contributed by atoms with van der Waals surface area (Å²) in [4.78, 5) is 22.6. The van der Waals surface area contributed by atoms with E-state index in [1.165, 1.54) is 6.08 Å². The zero-order valence-corrected chi connectivity index (χ0v) is 11.7. The van der Waals surface area contributed by atoms with Gasteiger partial charge in [0.2, 0.25) is 5.91 Å². The second kappa shape index (κ2) is 5.90. The molecule has 0 bridgehead atoms. The second-order valence-electron chi connectivity index (χ2n) is 5.36. The van der Waals surface area contributed by atoms with Gasteiger partial charge in [0.1, 0.15) is 0 Å². The Morgan fingerprint density at radius 3 is 2.70 bits per heavy atom. The average molecular weight is 273 g/mol. The van der Waals surface area contributed by atoms with Crippen LogP contribution in [0.15, 0.2) is 24.3 Å². The van der Waals surface area contributed by atoms with E-state index in [0.29, 0.717) is 11.6 Å². The Hall–Kier alpha value is -2.10. The summed E-state index contributed by atoms with van der Waals surface area (Å²) >= 11 is 0. The van der Waals surface area contributed by atoms with Crippen molar-refractivity contribution >= 4 is 23.6 Å². The van der Waals surface area contributed by atoms with E-state index in [1.807, 2.05) is 26.0 Å². The van der Waals surface area contributed by atoms with Crippen LogP contribution < -0.4 is 5.32 Å². The highest BCUT2D eigenvalue weighted by Gasteiger charge is 2.32. The van der Waals surface area contributed by atoms with Crippen molar-refractivity contribution in [2.24, 2.45) is 11.8 Å². The predicted octanol–water partition coefficient (Wildman–Crippen LogP) is 3.08. The minimum Gasteiger partial charge on any atom is -0.478 e. The topological polar surface area (TPSA) is 66.4 Å². The number of amides is 1. The van der Waals surface area contributed by atoms with Gasteiger partial charge in [-0.15, -0.1) is 0 Å². The van der Waals surface area contributed by atoms with Crippen LogP contribution >= 0.6 is 0 Å². The molecule has 1 aliphatic carbocycles. The van der Waals surface area contributed by atoms with Gasteiger partial charge in [0.25, 0.3) is 0 Å². The Balaban J connectivity index is 2.10. The van der Waals surface area contributed by atoms with Gasteiger partial charge >= 0.3 is 5.97 Å². The van der Waals surface area contributed by atoms with Gasteiger partial charge in [-0.3, -0.25) is 4.79 Å². The number of carbonyl (C=O) groups is 2. The first-order chi connectivity index (χ1) is 9.47. The van der Waals surface area contributed by atoms with Crippen LogP contribution in [-0.2, 0) is 9.59 Å². The van der Waals surface area contributed by atoms with Gasteiger partial charge in [-0.05, 0) is 55.0 Å². The number of benzene rings is 1. The largest absolute Gasteiger partial charge is 0.478 e. The average Bonchev–Trinajstić information content (AvgIpc) is 3.22. The number of hydrogen-bond acceptors (Lipinski definition) is 2. The summed E-state index contributed by atoms with van der Waals surface area (Å²) in [6.45, 7) is 3.85. The van der Waals surface area contributed by atoms with Crippen LogP contribution in [0.1, 0.15) is 30.9 Å². The van der Waals surface area contributed by atoms with Crippen molar-refractivity contribution in [3.8, 4) is 0 Å². The number of aryl methyl sites for hydroxylation is 1. The first kappa shape index (κ1) is 14.3. The van der Waals surface area contributed by atoms with Crippen molar-refractivity contribution in [3.05, 3.63) is 35.4 Å². The van der Waals surface area contributed by atoms with Crippen molar-refractivity contribution < 1.29 is 14.7 Å². The predicted molar refractivity (Wildman–Crippen MR) is 78.4 cm³/mol. The molecule has 20 heavy (non-hydrogen) atoms. The maximum atomic E-state index is 12.0. The smallest absolute Gasteiger partial charge is 0.328 e. The quantitative estimate of drug-likeness (QED) is 0.810. The van der Waals surface area contributed by atoms with E-state index in [-0.39, 0.29) is 11.8 Å². The molecule has 0 saturated heterocycles. The summed E-state index contributed by atoms with van der Waals surface area (Å²) in [5.74, 6) is -0.396. The second-order valence-corrected chi connectivity index (χ2v) is 5.36. The molecule has 4 nitrogen and oxygen atoms in total. The molecular formula is C16H19NO3. The lowest BCUT2D eigenvalue weighted by Crippen LogP contribution is -2.21. The maximum Gasteiger partial charge on any atom is 0.328 e. The maximum absolute atomic E-state index is 12.0. The van der Waals surface area contributed by atoms with Gasteiger partial charge < -0.3 is 10.4 Å². The number of nitrogens with one attached hydrogen (secondary N) is 1. The van der Waals surface area contributed by atoms with Crippen LogP contribution in [0.2, 0.25) is 0 Å². The van der Waals surface area contributed by atoms with Crippen LogP contribution in [0.3, 0.4) is 0 Å². The molecular weight excluding hydrogens is 254 g/mol. The van der Waals surface area contributed by atoms with Crippen molar-refractivity contribution in [2.75, 3.05) is 5.32 Å². The highest BCUT2D eigenvalue weighted by Crippen LogP contribution is 2.37. The van der Waals surface area contributed by atoms with Gasteiger partial charge in [0, 0.05) is 17.7 Å². The Morgan fingerprint density at radius 2 is 2.10 bits per heavy atom. The number of carboxylic acid groups (broad SMARTS) is 1. The molecule has 1 aromatic rings. The van der Waals surface area contributed by atoms with Crippen molar-refractivity contribution in [3.63, 3.8) is 0 Å². The monoisotopic (exact) mass is 273 g/mol. The van der Waals surface area contributed by atoms with Crippen LogP contribution in [0, 0.1) is 18.8 Å². The van der Waals surface area contributed by atoms with Crippen molar-refractivity contribution in [1.29, 1.82) is 0 Å². The molecule has 0 radical (unpaired) electrons. The SMILES string of the molecule is Cc1ccc(NC(=O)C(C)C2CC2)cc1/C=C/C(=O)O. The summed E-state index contributed by atoms with van der Waals surface area (Å²) in [6.07, 6.45) is 4.91. The van der Waals surface area contributed by atoms with Crippen LogP contribution in [-0.4, -0.2) is 17.0 Å². The summed E-state index contributed by atoms with van der Waals surface area (Å²) in [5.41, 5.74) is 2.47. The molecule has 0 heterocycles. The lowest BCUT2D eigenvalue weighted by molar-refractivity contribution is -0.131. The van der Waals surface area contributed by atoms with Crippen LogP contribution in [0.4, 0.5) is 5.69 Å². The van der Waals surface area contributed by atoms with Crippen LogP contribution in [0.25, 0.3) is 6.08 Å². The fourth-order valence-electron chi connectivity index (χ4n) is 2.13. The number of carboxylic acids is 1. The fraction of sp³-hybridized carbons (Fsp3) is 0.375. The third kappa shape index (κ3) is 3.70. The number of rotatable bonds is 5. The fourth-order valence-corrected chi connectivity index (χ4v) is 2.13. The number of aliphatic carboxylic acids is 1. The lowest BCUT2D eigenvalue weighted by Gasteiger charge is -2.12. The highest BCUT2D eigenvalue weighted by molar-refractivity contribution is 5.93. The molecule has 0 aromatic heterocycles. The Bertz CT molecular complexity index is 559. The summed E-state index contributed by atoms with van der Waals surface area (Å²) in [7, 11) is 0. The number of anilines is 1. The lowest BCUT2D eigenvalue weighted by atomic mass is 10.0. The molecule has 2 rings (SSSR count). The van der Waals surface area contributed by atoms with E-state index in [0.717, 1.165) is 30.0 Å². The molecule has 1 aromatic carbocycles. The Morgan fingerprint density at radius 1 is 1.40 bits per heavy atom. The van der Waals surface area contributed by atoms with E-state index < -0.39 is 5.97 Å². The summed E-state index contributed by atoms with van der Waals surface area (Å²) in [5, 5.41) is 11.6. The zero-order chi connectivity index (χ0) is 14.7. The van der Waals surface area contributed by atoms with Crippen LogP contribution in [0.5, 0.6) is 0 Å². The normalized spacial score (nSPS) is 16.1. The molecule has 1 fully saturated rings. The third-order valence-electron chi connectivity index (χ3n) is 3.69. The van der Waals surface area contributed by atoms with E-state index in [4.69, 9.17) is 5.11 Å². The van der Waals surface area contributed by atoms with Gasteiger partial charge in [-0.1, -0.05) is 13.0 Å². The molecule has 0 spiro atoms. The van der Waals surface area contributed by atoms with E-state index in [1.54, 1.807) is 6.07 Å². The van der Waals surface area contributed by atoms with Gasteiger partial charge in [0.05, 0.1) is 0 Å². The Labute approximate surface area is 118 Å². The molecule has 0 aliphatic heterocycles. The van der Waals surface area contributed by atoms with E-state index in [2.05, 4.69) is 5.32 Å². The summed E-state index contributed by atoms with van der Waals surface area (Å²) < 4.78 is 0. The first-order valence-electron chi connectivity index (χ1n) is 6.80. The molecule has 1 aliphatic rings. The highest BCUT2D eigenvalue weighted by atomic mass is 16.4. The minimum absolute atomic E-state index is 0.0320. The van der Waals surface area contributed by atoms with Crippen molar-refractivity contribution in [2.45, 2.75) is 26.7 Å². The molecule has 106 valence electrons. The Kier molecular flexibility index (Phi) is 4.23. The van der Waals surface area contributed by atoms with Gasteiger partial charge in [-0.2, -0.15) is 0 Å². The molecule has 1 saturated carbocycles. The minimum atomic E-state index is -0.985. The summed E-state index contributed by atoms with van der Waals surface area (Å²) in [6, 6.07) is 5.51. The number of carbonyl (C=O) groups excluding carboxylic acids is 1.